The Morgan fingerprint density at radius 2 is 1.54 bits per heavy atom. The van der Waals surface area contributed by atoms with E-state index in [4.69, 9.17) is 9.84 Å². The summed E-state index contributed by atoms with van der Waals surface area (Å²) < 4.78 is 5.59. The summed E-state index contributed by atoms with van der Waals surface area (Å²) in [5, 5.41) is 14.4. The fourth-order valence-electron chi connectivity index (χ4n) is 4.64. The van der Waals surface area contributed by atoms with Gasteiger partial charge in [0.05, 0.1) is 5.92 Å². The van der Waals surface area contributed by atoms with Crippen molar-refractivity contribution in [2.45, 2.75) is 51.9 Å². The maximum absolute atomic E-state index is 12.7. The number of carboxylic acids is 1. The maximum atomic E-state index is 12.7. The molecule has 3 rings (SSSR count). The van der Waals surface area contributed by atoms with Gasteiger partial charge >= 0.3 is 12.1 Å². The molecule has 0 radical (unpaired) electrons. The van der Waals surface area contributed by atoms with Gasteiger partial charge in [-0.05, 0) is 47.4 Å². The molecule has 7 heteroatoms. The molecule has 0 aromatic heterocycles. The third kappa shape index (κ3) is 7.57. The van der Waals surface area contributed by atoms with E-state index in [0.717, 1.165) is 24.0 Å². The Labute approximate surface area is 207 Å². The summed E-state index contributed by atoms with van der Waals surface area (Å²) >= 11 is 0. The molecule has 0 heterocycles. The fraction of sp³-hybridized carbons (Fsp3) is 0.464. The molecule has 3 N–H and O–H groups in total. The van der Waals surface area contributed by atoms with Crippen molar-refractivity contribution in [3.8, 4) is 11.1 Å². The third-order valence-electron chi connectivity index (χ3n) is 6.33. The highest BCUT2D eigenvalue weighted by Crippen LogP contribution is 2.44. The molecule has 2 aromatic rings. The lowest BCUT2D eigenvalue weighted by molar-refractivity contribution is -0.137. The summed E-state index contributed by atoms with van der Waals surface area (Å²) in [6.07, 6.45) is 2.35. The number of ether oxygens (including phenoxy) is 1. The smallest absolute Gasteiger partial charge is 0.407 e. The van der Waals surface area contributed by atoms with Crippen LogP contribution in [0.4, 0.5) is 4.79 Å². The zero-order chi connectivity index (χ0) is 25.2. The zero-order valence-corrected chi connectivity index (χ0v) is 20.6. The van der Waals surface area contributed by atoms with Gasteiger partial charge in [0.15, 0.2) is 0 Å². The van der Waals surface area contributed by atoms with Gasteiger partial charge < -0.3 is 20.5 Å². The van der Waals surface area contributed by atoms with Crippen LogP contribution in [-0.4, -0.2) is 42.8 Å². The summed E-state index contributed by atoms with van der Waals surface area (Å²) in [7, 11) is 0. The van der Waals surface area contributed by atoms with E-state index < -0.39 is 12.1 Å². The molecule has 35 heavy (non-hydrogen) atoms. The van der Waals surface area contributed by atoms with Crippen molar-refractivity contribution in [1.82, 2.24) is 10.6 Å². The second kappa shape index (κ2) is 12.9. The Kier molecular flexibility index (Phi) is 9.70. The number of alkyl carbamates (subject to hydrolysis) is 1. The standard InChI is InChI=1S/C28H36N2O5/c1-19(2)16-20(27(33)29-15-9-3-4-14-26(31)32)17-30-28(34)35-18-25-23-12-7-5-10-21(23)22-11-6-8-13-24(22)25/h5-8,10-13,19-20,25H,3-4,9,14-18H2,1-2H3,(H,29,33)(H,30,34)(H,31,32). The first kappa shape index (κ1) is 26.3. The number of aliphatic carboxylic acids is 1. The largest absolute Gasteiger partial charge is 0.481 e. The van der Waals surface area contributed by atoms with Crippen LogP contribution in [-0.2, 0) is 14.3 Å². The Morgan fingerprint density at radius 1 is 0.914 bits per heavy atom. The van der Waals surface area contributed by atoms with Gasteiger partial charge in [0, 0.05) is 25.4 Å². The normalized spacial score (nSPS) is 13.1. The van der Waals surface area contributed by atoms with Crippen LogP contribution in [0.15, 0.2) is 48.5 Å². The van der Waals surface area contributed by atoms with Crippen molar-refractivity contribution >= 4 is 18.0 Å². The van der Waals surface area contributed by atoms with E-state index >= 15 is 0 Å². The van der Waals surface area contributed by atoms with E-state index in [0.29, 0.717) is 25.3 Å². The van der Waals surface area contributed by atoms with E-state index in [1.54, 1.807) is 0 Å². The second-order valence-corrected chi connectivity index (χ2v) is 9.53. The minimum Gasteiger partial charge on any atom is -0.481 e. The lowest BCUT2D eigenvalue weighted by atomic mass is 9.96. The first-order valence-electron chi connectivity index (χ1n) is 12.4. The van der Waals surface area contributed by atoms with Gasteiger partial charge in [-0.2, -0.15) is 0 Å². The lowest BCUT2D eigenvalue weighted by Crippen LogP contribution is -2.40. The molecule has 0 saturated carbocycles. The molecule has 0 spiro atoms. The minimum absolute atomic E-state index is 0.0102. The van der Waals surface area contributed by atoms with Crippen molar-refractivity contribution in [2.75, 3.05) is 19.7 Å². The number of hydrogen-bond donors (Lipinski definition) is 3. The van der Waals surface area contributed by atoms with Crippen molar-refractivity contribution in [3.05, 3.63) is 59.7 Å². The van der Waals surface area contributed by atoms with Crippen LogP contribution in [0.25, 0.3) is 11.1 Å². The van der Waals surface area contributed by atoms with Gasteiger partial charge in [0.2, 0.25) is 5.91 Å². The summed E-state index contributed by atoms with van der Waals surface area (Å²) in [4.78, 5) is 35.8. The number of carbonyl (C=O) groups excluding carboxylic acids is 2. The highest BCUT2D eigenvalue weighted by molar-refractivity contribution is 5.80. The molecular weight excluding hydrogens is 444 g/mol. The molecule has 0 fully saturated rings. The number of rotatable bonds is 13. The number of hydrogen-bond acceptors (Lipinski definition) is 4. The van der Waals surface area contributed by atoms with E-state index in [9.17, 15) is 14.4 Å². The van der Waals surface area contributed by atoms with Gasteiger partial charge in [-0.15, -0.1) is 0 Å². The number of carboxylic acid groups (broad SMARTS) is 1. The maximum Gasteiger partial charge on any atom is 0.407 e. The van der Waals surface area contributed by atoms with E-state index in [-0.39, 0.29) is 37.3 Å². The molecule has 1 aliphatic carbocycles. The average Bonchev–Trinajstić information content (AvgIpc) is 3.15. The van der Waals surface area contributed by atoms with Gasteiger partial charge in [0.1, 0.15) is 6.61 Å². The Bertz CT molecular complexity index is 974. The molecule has 1 unspecified atom stereocenters. The summed E-state index contributed by atoms with van der Waals surface area (Å²) in [6.45, 7) is 5.02. The average molecular weight is 481 g/mol. The molecule has 1 aliphatic rings. The molecule has 7 nitrogen and oxygen atoms in total. The quantitative estimate of drug-likeness (QED) is 0.352. The van der Waals surface area contributed by atoms with Crippen LogP contribution >= 0.6 is 0 Å². The number of nitrogens with one attached hydrogen (secondary N) is 2. The molecule has 0 saturated heterocycles. The zero-order valence-electron chi connectivity index (χ0n) is 20.6. The highest BCUT2D eigenvalue weighted by Gasteiger charge is 2.29. The number of unbranched alkanes of at least 4 members (excludes halogenated alkanes) is 2. The van der Waals surface area contributed by atoms with E-state index in [2.05, 4.69) is 34.9 Å². The van der Waals surface area contributed by atoms with Crippen LogP contribution in [0.2, 0.25) is 0 Å². The number of benzene rings is 2. The van der Waals surface area contributed by atoms with Gasteiger partial charge in [-0.25, -0.2) is 4.79 Å². The molecule has 2 aromatic carbocycles. The van der Waals surface area contributed by atoms with Crippen LogP contribution < -0.4 is 10.6 Å². The third-order valence-corrected chi connectivity index (χ3v) is 6.33. The minimum atomic E-state index is -0.801. The Balaban J connectivity index is 1.47. The van der Waals surface area contributed by atoms with Crippen LogP contribution in [0.3, 0.4) is 0 Å². The van der Waals surface area contributed by atoms with Gasteiger partial charge in [-0.1, -0.05) is 68.8 Å². The van der Waals surface area contributed by atoms with E-state index in [1.165, 1.54) is 11.1 Å². The van der Waals surface area contributed by atoms with Crippen molar-refractivity contribution in [3.63, 3.8) is 0 Å². The van der Waals surface area contributed by atoms with Crippen molar-refractivity contribution in [2.24, 2.45) is 11.8 Å². The van der Waals surface area contributed by atoms with Gasteiger partial charge in [0.25, 0.3) is 0 Å². The predicted octanol–water partition coefficient (Wildman–Crippen LogP) is 4.95. The lowest BCUT2D eigenvalue weighted by Gasteiger charge is -2.20. The van der Waals surface area contributed by atoms with Crippen LogP contribution in [0.5, 0.6) is 0 Å². The topological polar surface area (TPSA) is 105 Å². The first-order valence-corrected chi connectivity index (χ1v) is 12.4. The summed E-state index contributed by atoms with van der Waals surface area (Å²) in [5.41, 5.74) is 4.66. The molecular formula is C28H36N2O5. The summed E-state index contributed by atoms with van der Waals surface area (Å²) in [5.74, 6) is -0.967. The number of carbonyl (C=O) groups is 3. The Morgan fingerprint density at radius 3 is 2.14 bits per heavy atom. The molecule has 1 atom stereocenters. The molecule has 2 amide bonds. The SMILES string of the molecule is CC(C)CC(CNC(=O)OCC1c2ccccc2-c2ccccc21)C(=O)NCCCCCC(=O)O. The molecule has 0 bridgehead atoms. The Hall–Kier alpha value is -3.35. The van der Waals surface area contributed by atoms with E-state index in [1.807, 2.05) is 38.1 Å². The highest BCUT2D eigenvalue weighted by atomic mass is 16.5. The first-order chi connectivity index (χ1) is 16.9. The van der Waals surface area contributed by atoms with Crippen LogP contribution in [0, 0.1) is 11.8 Å². The van der Waals surface area contributed by atoms with Crippen molar-refractivity contribution in [1.29, 1.82) is 0 Å². The predicted molar refractivity (Wildman–Crippen MR) is 135 cm³/mol. The monoisotopic (exact) mass is 480 g/mol. The van der Waals surface area contributed by atoms with Gasteiger partial charge in [-0.3, -0.25) is 9.59 Å². The fourth-order valence-corrected chi connectivity index (χ4v) is 4.64. The molecule has 0 aliphatic heterocycles. The van der Waals surface area contributed by atoms with Crippen LogP contribution in [0.1, 0.15) is 63.0 Å². The second-order valence-electron chi connectivity index (χ2n) is 9.53. The number of amides is 2. The van der Waals surface area contributed by atoms with Crippen molar-refractivity contribution < 1.29 is 24.2 Å². The summed E-state index contributed by atoms with van der Waals surface area (Å²) in [6, 6.07) is 16.4. The molecule has 188 valence electrons. The number of fused-ring (bicyclic) bond motifs is 3.